The van der Waals surface area contributed by atoms with Gasteiger partial charge in [-0.1, -0.05) is 60.1 Å². The zero-order valence-corrected chi connectivity index (χ0v) is 19.4. The van der Waals surface area contributed by atoms with Crippen LogP contribution in [0, 0.1) is 0 Å². The van der Waals surface area contributed by atoms with Gasteiger partial charge in [0.25, 0.3) is 5.91 Å². The van der Waals surface area contributed by atoms with Gasteiger partial charge in [-0.05, 0) is 62.8 Å². The molecular weight excluding hydrogens is 432 g/mol. The van der Waals surface area contributed by atoms with Crippen molar-refractivity contribution in [3.8, 4) is 11.4 Å². The van der Waals surface area contributed by atoms with Crippen molar-refractivity contribution >= 4 is 23.0 Å². The second kappa shape index (κ2) is 9.00. The van der Waals surface area contributed by atoms with Gasteiger partial charge in [-0.3, -0.25) is 9.20 Å². The van der Waals surface area contributed by atoms with Gasteiger partial charge < -0.3 is 10.2 Å². The van der Waals surface area contributed by atoms with Crippen molar-refractivity contribution in [2.24, 2.45) is 0 Å². The summed E-state index contributed by atoms with van der Waals surface area (Å²) in [5.74, 6) is 0.552. The lowest BCUT2D eigenvalue weighted by atomic mass is 9.72. The minimum absolute atomic E-state index is 0.0746. The molecule has 1 fully saturated rings. The Labute approximate surface area is 199 Å². The lowest BCUT2D eigenvalue weighted by Gasteiger charge is -2.41. The number of hydrogen-bond donors (Lipinski definition) is 1. The summed E-state index contributed by atoms with van der Waals surface area (Å²) in [6, 6.07) is 23.9. The number of rotatable bonds is 5. The van der Waals surface area contributed by atoms with Gasteiger partial charge in [0.05, 0.1) is 5.52 Å². The largest absolute Gasteiger partial charge is 0.350 e. The number of nitrogens with one attached hydrogen (secondary N) is 1. The van der Waals surface area contributed by atoms with Crippen LogP contribution in [0.15, 0.2) is 79.0 Å². The van der Waals surface area contributed by atoms with Crippen LogP contribution >= 0.6 is 11.6 Å². The van der Waals surface area contributed by atoms with Crippen molar-refractivity contribution in [1.29, 1.82) is 0 Å². The number of nitrogens with zero attached hydrogens (tertiary/aromatic N) is 3. The van der Waals surface area contributed by atoms with E-state index in [1.165, 1.54) is 5.56 Å². The first-order chi connectivity index (χ1) is 16.1. The van der Waals surface area contributed by atoms with Gasteiger partial charge in [-0.25, -0.2) is 4.98 Å². The number of fused-ring (bicyclic) bond motifs is 1. The van der Waals surface area contributed by atoms with E-state index >= 15 is 0 Å². The lowest BCUT2D eigenvalue weighted by molar-refractivity contribution is 0.0925. The highest BCUT2D eigenvalue weighted by Crippen LogP contribution is 2.35. The van der Waals surface area contributed by atoms with E-state index in [2.05, 4.69) is 41.5 Å². The van der Waals surface area contributed by atoms with Crippen LogP contribution in [0.25, 0.3) is 16.9 Å². The Hall–Kier alpha value is -3.15. The molecule has 1 amide bonds. The van der Waals surface area contributed by atoms with Crippen molar-refractivity contribution < 1.29 is 4.79 Å². The van der Waals surface area contributed by atoms with E-state index in [0.29, 0.717) is 23.1 Å². The molecule has 0 unspecified atom stereocenters. The third kappa shape index (κ3) is 4.26. The summed E-state index contributed by atoms with van der Waals surface area (Å²) >= 11 is 6.22. The van der Waals surface area contributed by atoms with Gasteiger partial charge in [0.2, 0.25) is 0 Å². The van der Waals surface area contributed by atoms with E-state index in [-0.39, 0.29) is 11.3 Å². The van der Waals surface area contributed by atoms with Gasteiger partial charge in [0.15, 0.2) is 5.69 Å². The molecule has 1 aliphatic rings. The second-order valence-electron chi connectivity index (χ2n) is 8.88. The Morgan fingerprint density at radius 2 is 1.79 bits per heavy atom. The quantitative estimate of drug-likeness (QED) is 0.455. The van der Waals surface area contributed by atoms with Crippen LogP contribution in [0.1, 0.15) is 28.9 Å². The van der Waals surface area contributed by atoms with Crippen LogP contribution in [0.4, 0.5) is 0 Å². The van der Waals surface area contributed by atoms with Crippen molar-refractivity contribution in [2.75, 3.05) is 26.7 Å². The number of likely N-dealkylation sites (tertiary alicyclic amines) is 1. The third-order valence-electron chi connectivity index (χ3n) is 6.76. The van der Waals surface area contributed by atoms with E-state index < -0.39 is 0 Å². The number of carbonyl (C=O) groups is 1. The number of hydrogen-bond acceptors (Lipinski definition) is 3. The normalized spacial score (nSPS) is 16.1. The van der Waals surface area contributed by atoms with Crippen molar-refractivity contribution in [3.63, 3.8) is 0 Å². The molecule has 0 aliphatic carbocycles. The minimum Gasteiger partial charge on any atom is -0.350 e. The molecule has 33 heavy (non-hydrogen) atoms. The van der Waals surface area contributed by atoms with E-state index in [0.717, 1.165) is 37.0 Å². The first kappa shape index (κ1) is 21.7. The zero-order valence-electron chi connectivity index (χ0n) is 18.7. The molecule has 0 radical (unpaired) electrons. The molecular formula is C27H27ClN4O. The summed E-state index contributed by atoms with van der Waals surface area (Å²) < 4.78 is 1.95. The van der Waals surface area contributed by atoms with E-state index in [4.69, 9.17) is 16.6 Å². The highest BCUT2D eigenvalue weighted by molar-refractivity contribution is 6.30. The fourth-order valence-electron chi connectivity index (χ4n) is 4.78. The molecule has 5 rings (SSSR count). The first-order valence-electron chi connectivity index (χ1n) is 11.3. The van der Waals surface area contributed by atoms with Gasteiger partial charge in [-0.2, -0.15) is 0 Å². The minimum atomic E-state index is -0.152. The lowest BCUT2D eigenvalue weighted by Crippen LogP contribution is -2.48. The number of imidazole rings is 1. The van der Waals surface area contributed by atoms with Crippen LogP contribution in [0.5, 0.6) is 0 Å². The Bertz CT molecular complexity index is 1280. The Kier molecular flexibility index (Phi) is 5.92. The SMILES string of the molecule is CN1CCC(CNC(=O)c2nc(-c3cccc(Cl)c3)n3ccccc23)(c2ccccc2)CC1. The molecule has 0 saturated carbocycles. The molecule has 1 saturated heterocycles. The number of amides is 1. The number of halogens is 1. The molecule has 0 bridgehead atoms. The smallest absolute Gasteiger partial charge is 0.272 e. The van der Waals surface area contributed by atoms with Gasteiger partial charge in [0, 0.05) is 28.7 Å². The predicted molar refractivity (Wildman–Crippen MR) is 133 cm³/mol. The molecule has 1 aliphatic heterocycles. The summed E-state index contributed by atoms with van der Waals surface area (Å²) in [5, 5.41) is 3.87. The number of pyridine rings is 1. The third-order valence-corrected chi connectivity index (χ3v) is 7.00. The second-order valence-corrected chi connectivity index (χ2v) is 9.32. The van der Waals surface area contributed by atoms with Crippen molar-refractivity contribution in [1.82, 2.24) is 19.6 Å². The molecule has 168 valence electrons. The van der Waals surface area contributed by atoms with Crippen LogP contribution < -0.4 is 5.32 Å². The number of carbonyl (C=O) groups excluding carboxylic acids is 1. The Balaban J connectivity index is 1.46. The van der Waals surface area contributed by atoms with Crippen LogP contribution in [-0.2, 0) is 5.41 Å². The van der Waals surface area contributed by atoms with E-state index in [1.807, 2.05) is 59.1 Å². The topological polar surface area (TPSA) is 49.6 Å². The molecule has 3 heterocycles. The predicted octanol–water partition coefficient (Wildman–Crippen LogP) is 5.05. The maximum Gasteiger partial charge on any atom is 0.272 e. The van der Waals surface area contributed by atoms with E-state index in [1.54, 1.807) is 0 Å². The standard InChI is InChI=1S/C27H27ClN4O/c1-31-16-13-27(14-17-31,21-9-3-2-4-10-21)19-29-26(33)24-23-12-5-6-15-32(23)25(30-24)20-8-7-11-22(28)18-20/h2-12,15,18H,13-14,16-17,19H2,1H3,(H,29,33). The average Bonchev–Trinajstić information content (AvgIpc) is 3.24. The fourth-order valence-corrected chi connectivity index (χ4v) is 4.97. The van der Waals surface area contributed by atoms with Crippen molar-refractivity contribution in [2.45, 2.75) is 18.3 Å². The van der Waals surface area contributed by atoms with Crippen LogP contribution in [0.2, 0.25) is 5.02 Å². The summed E-state index contributed by atoms with van der Waals surface area (Å²) in [4.78, 5) is 20.5. The van der Waals surface area contributed by atoms with Gasteiger partial charge in [-0.15, -0.1) is 0 Å². The molecule has 0 spiro atoms. The molecule has 4 aromatic rings. The van der Waals surface area contributed by atoms with Crippen LogP contribution in [0.3, 0.4) is 0 Å². The first-order valence-corrected chi connectivity index (χ1v) is 11.7. The summed E-state index contributed by atoms with van der Waals surface area (Å²) in [5.41, 5.74) is 3.30. The maximum atomic E-state index is 13.4. The molecule has 0 atom stereocenters. The molecule has 2 aromatic carbocycles. The molecule has 2 aromatic heterocycles. The fraction of sp³-hybridized carbons (Fsp3) is 0.259. The van der Waals surface area contributed by atoms with Gasteiger partial charge in [0.1, 0.15) is 5.82 Å². The average molecular weight is 459 g/mol. The summed E-state index contributed by atoms with van der Waals surface area (Å²) in [6.45, 7) is 2.61. The maximum absolute atomic E-state index is 13.4. The van der Waals surface area contributed by atoms with Gasteiger partial charge >= 0.3 is 0 Å². The molecule has 6 heteroatoms. The molecule has 1 N–H and O–H groups in total. The summed E-state index contributed by atoms with van der Waals surface area (Å²) in [7, 11) is 2.15. The van der Waals surface area contributed by atoms with Crippen molar-refractivity contribution in [3.05, 3.63) is 95.3 Å². The Morgan fingerprint density at radius 3 is 2.55 bits per heavy atom. The molecule has 5 nitrogen and oxygen atoms in total. The van der Waals surface area contributed by atoms with E-state index in [9.17, 15) is 4.79 Å². The zero-order chi connectivity index (χ0) is 22.8. The monoisotopic (exact) mass is 458 g/mol. The van der Waals surface area contributed by atoms with Crippen LogP contribution in [-0.4, -0.2) is 46.9 Å². The number of piperidine rings is 1. The summed E-state index contributed by atoms with van der Waals surface area (Å²) in [6.07, 6.45) is 3.94. The number of benzene rings is 2. The Morgan fingerprint density at radius 1 is 1.03 bits per heavy atom. The number of aromatic nitrogens is 2. The highest BCUT2D eigenvalue weighted by atomic mass is 35.5. The highest BCUT2D eigenvalue weighted by Gasteiger charge is 2.36.